The minimum Gasteiger partial charge on any atom is -0.465 e. The molecule has 0 aromatic heterocycles. The number of carbonyl (C=O) groups excluding carboxylic acids is 1. The summed E-state index contributed by atoms with van der Waals surface area (Å²) in [6, 6.07) is 0. The molecule has 0 rings (SSSR count). The first kappa shape index (κ1) is 20.1. The molecule has 0 aliphatic rings. The second-order valence-corrected chi connectivity index (χ2v) is 6.78. The van der Waals surface area contributed by atoms with E-state index in [9.17, 15) is 30.8 Å². The van der Waals surface area contributed by atoms with Gasteiger partial charge in [-0.2, -0.15) is 17.6 Å². The number of esters is 1. The minimum absolute atomic E-state index is 0.00782. The first-order valence-electron chi connectivity index (χ1n) is 6.40. The molecule has 0 fully saturated rings. The maximum absolute atomic E-state index is 13.0. The number of thiol groups is 1. The van der Waals surface area contributed by atoms with Crippen molar-refractivity contribution in [2.75, 3.05) is 6.61 Å². The van der Waals surface area contributed by atoms with Crippen LogP contribution in [0.2, 0.25) is 0 Å². The Labute approximate surface area is 122 Å². The van der Waals surface area contributed by atoms with Gasteiger partial charge in [-0.3, -0.25) is 4.79 Å². The first-order chi connectivity index (χ1) is 9.32. The highest BCUT2D eigenvalue weighted by atomic mass is 32.2. The van der Waals surface area contributed by atoms with Crippen molar-refractivity contribution < 1.29 is 35.5 Å². The number of alkyl halides is 4. The molecule has 0 heterocycles. The molecular weight excluding hydrogens is 316 g/mol. The Balaban J connectivity index is 4.04. The molecule has 0 saturated heterocycles. The van der Waals surface area contributed by atoms with Gasteiger partial charge in [0.25, 0.3) is 0 Å². The van der Waals surface area contributed by atoms with Crippen molar-refractivity contribution >= 4 is 16.7 Å². The summed E-state index contributed by atoms with van der Waals surface area (Å²) in [5.41, 5.74) is -0.672. The quantitative estimate of drug-likeness (QED) is 0.320. The molecule has 4 nitrogen and oxygen atoms in total. The largest absolute Gasteiger partial charge is 0.465 e. The lowest BCUT2D eigenvalue weighted by atomic mass is 9.97. The highest BCUT2D eigenvalue weighted by Gasteiger charge is 2.58. The summed E-state index contributed by atoms with van der Waals surface area (Å²) in [7, 11) is -4.53. The van der Waals surface area contributed by atoms with Gasteiger partial charge < -0.3 is 4.74 Å². The summed E-state index contributed by atoms with van der Waals surface area (Å²) in [5, 5.41) is -5.04. The van der Waals surface area contributed by atoms with Crippen LogP contribution in [-0.4, -0.2) is 32.2 Å². The van der Waals surface area contributed by atoms with Crippen molar-refractivity contribution in [3.8, 4) is 0 Å². The van der Waals surface area contributed by atoms with E-state index < -0.39 is 39.7 Å². The molecule has 21 heavy (non-hydrogen) atoms. The van der Waals surface area contributed by atoms with E-state index in [4.69, 9.17) is 4.74 Å². The minimum atomic E-state index is -5.04. The van der Waals surface area contributed by atoms with Crippen molar-refractivity contribution in [2.24, 2.45) is 5.41 Å². The number of carbonyl (C=O) groups is 1. The fourth-order valence-electron chi connectivity index (χ4n) is 1.29. The Morgan fingerprint density at radius 3 is 1.95 bits per heavy atom. The highest BCUT2D eigenvalue weighted by Crippen LogP contribution is 2.38. The average molecular weight is 336 g/mol. The van der Waals surface area contributed by atoms with Crippen molar-refractivity contribution in [3.05, 3.63) is 0 Å². The van der Waals surface area contributed by atoms with Crippen molar-refractivity contribution in [2.45, 2.75) is 57.6 Å². The van der Waals surface area contributed by atoms with E-state index in [1.54, 1.807) is 20.8 Å². The van der Waals surface area contributed by atoms with Crippen LogP contribution in [-0.2, 0) is 20.2 Å². The van der Waals surface area contributed by atoms with E-state index in [1.807, 2.05) is 0 Å². The molecule has 0 aromatic rings. The number of unbranched alkanes of at least 4 members (excludes halogenated alkanes) is 2. The van der Waals surface area contributed by atoms with Crippen LogP contribution in [0.3, 0.4) is 0 Å². The summed E-state index contributed by atoms with van der Waals surface area (Å²) in [5.74, 6) is -5.03. The van der Waals surface area contributed by atoms with Crippen molar-refractivity contribution in [3.63, 3.8) is 0 Å². The molecule has 0 saturated carbocycles. The molecule has 0 unspecified atom stereocenters. The van der Waals surface area contributed by atoms with Gasteiger partial charge in [-0.1, -0.05) is 0 Å². The van der Waals surface area contributed by atoms with E-state index in [-0.39, 0.29) is 25.9 Å². The van der Waals surface area contributed by atoms with Gasteiger partial charge in [0.15, 0.2) is 0 Å². The Bertz CT molecular complexity index is 419. The molecule has 9 heteroatoms. The molecule has 0 amide bonds. The van der Waals surface area contributed by atoms with Gasteiger partial charge in [-0.15, -0.1) is 0 Å². The zero-order chi connectivity index (χ0) is 16.9. The zero-order valence-electron chi connectivity index (χ0n) is 12.1. The monoisotopic (exact) mass is 336 g/mol. The lowest BCUT2D eigenvalue weighted by Gasteiger charge is -2.21. The van der Waals surface area contributed by atoms with Crippen LogP contribution in [0.15, 0.2) is 0 Å². The molecule has 0 aromatic carbocycles. The van der Waals surface area contributed by atoms with E-state index in [1.165, 1.54) is 0 Å². The fraction of sp³-hybridized carbons (Fsp3) is 0.917. The van der Waals surface area contributed by atoms with Crippen molar-refractivity contribution in [1.29, 1.82) is 0 Å². The first-order valence-corrected chi connectivity index (χ1v) is 7.57. The second kappa shape index (κ2) is 7.42. The van der Waals surface area contributed by atoms with Crippen LogP contribution in [0.1, 0.15) is 46.5 Å². The predicted octanol–water partition coefficient (Wildman–Crippen LogP) is 2.98. The topological polar surface area (TPSA) is 60.4 Å². The fourth-order valence-corrected chi connectivity index (χ4v) is 1.67. The van der Waals surface area contributed by atoms with Gasteiger partial charge in [0.1, 0.15) is 0 Å². The maximum atomic E-state index is 13.0. The van der Waals surface area contributed by atoms with Gasteiger partial charge in [0, 0.05) is 6.42 Å². The van der Waals surface area contributed by atoms with Crippen LogP contribution in [0.4, 0.5) is 17.6 Å². The van der Waals surface area contributed by atoms with E-state index in [0.717, 1.165) is 0 Å². The average Bonchev–Trinajstić information content (AvgIpc) is 2.31. The standard InChI is InChI=1S/C12H20F4O4S/c1-10(2,3)9(17)20-8-6-4-5-7-11(13,14)12(15,16)21(18)19/h21H,4-8H2,1-3H3. The molecule has 0 aliphatic carbocycles. The van der Waals surface area contributed by atoms with Gasteiger partial charge in [0.05, 0.1) is 12.0 Å². The third kappa shape index (κ3) is 6.19. The zero-order valence-corrected chi connectivity index (χ0v) is 13.0. The molecular formula is C12H20F4O4S. The summed E-state index contributed by atoms with van der Waals surface area (Å²) in [6.45, 7) is 4.97. The Hall–Kier alpha value is -0.860. The van der Waals surface area contributed by atoms with Crippen LogP contribution in [0.5, 0.6) is 0 Å². The lowest BCUT2D eigenvalue weighted by molar-refractivity contribution is -0.160. The van der Waals surface area contributed by atoms with Gasteiger partial charge in [-0.25, -0.2) is 8.42 Å². The predicted molar refractivity (Wildman–Crippen MR) is 69.1 cm³/mol. The molecule has 0 radical (unpaired) electrons. The number of ether oxygens (including phenoxy) is 1. The second-order valence-electron chi connectivity index (χ2n) is 5.70. The summed E-state index contributed by atoms with van der Waals surface area (Å²) >= 11 is 0. The van der Waals surface area contributed by atoms with Crippen LogP contribution >= 0.6 is 0 Å². The molecule has 0 atom stereocenters. The summed E-state index contributed by atoms with van der Waals surface area (Å²) in [4.78, 5) is 11.4. The third-order valence-electron chi connectivity index (χ3n) is 2.65. The van der Waals surface area contributed by atoms with E-state index >= 15 is 0 Å². The lowest BCUT2D eigenvalue weighted by Crippen LogP contribution is -2.41. The SMILES string of the molecule is CC(C)(C)C(=O)OCCCCCC(F)(F)C(F)(F)[SH](=O)=O. The van der Waals surface area contributed by atoms with E-state index in [0.29, 0.717) is 0 Å². The Morgan fingerprint density at radius 2 is 1.52 bits per heavy atom. The molecule has 0 N–H and O–H groups in total. The van der Waals surface area contributed by atoms with Gasteiger partial charge in [0.2, 0.25) is 10.7 Å². The van der Waals surface area contributed by atoms with Gasteiger partial charge in [-0.05, 0) is 40.0 Å². The molecule has 0 spiro atoms. The van der Waals surface area contributed by atoms with Crippen LogP contribution in [0, 0.1) is 5.41 Å². The molecule has 0 aliphatic heterocycles. The van der Waals surface area contributed by atoms with Gasteiger partial charge >= 0.3 is 17.1 Å². The van der Waals surface area contributed by atoms with Crippen LogP contribution < -0.4 is 0 Å². The number of hydrogen-bond acceptors (Lipinski definition) is 4. The normalized spacial score (nSPS) is 13.5. The molecule has 126 valence electrons. The smallest absolute Gasteiger partial charge is 0.404 e. The van der Waals surface area contributed by atoms with E-state index in [2.05, 4.69) is 0 Å². The maximum Gasteiger partial charge on any atom is 0.404 e. The summed E-state index contributed by atoms with van der Waals surface area (Å²) < 4.78 is 76.6. The number of halogens is 4. The van der Waals surface area contributed by atoms with Crippen molar-refractivity contribution in [1.82, 2.24) is 0 Å². The Morgan fingerprint density at radius 1 is 1.00 bits per heavy atom. The number of rotatable bonds is 8. The third-order valence-corrected chi connectivity index (χ3v) is 3.44. The Kier molecular flexibility index (Phi) is 7.11. The number of hydrogen-bond donors (Lipinski definition) is 1. The highest BCUT2D eigenvalue weighted by molar-refractivity contribution is 7.73. The summed E-state index contributed by atoms with van der Waals surface area (Å²) in [6.07, 6.45) is -1.17. The molecule has 0 bridgehead atoms. The van der Waals surface area contributed by atoms with Crippen LogP contribution in [0.25, 0.3) is 0 Å².